The van der Waals surface area contributed by atoms with Gasteiger partial charge in [-0.3, -0.25) is 4.79 Å². The van der Waals surface area contributed by atoms with Crippen molar-refractivity contribution in [2.45, 2.75) is 35.9 Å². The van der Waals surface area contributed by atoms with Crippen LogP contribution < -0.4 is 0 Å². The normalized spacial score (nSPS) is 20.8. The molecule has 0 spiro atoms. The van der Waals surface area contributed by atoms with Crippen LogP contribution in [0.1, 0.15) is 37.7 Å². The topological polar surface area (TPSA) is 20.3 Å². The summed E-state index contributed by atoms with van der Waals surface area (Å²) in [6, 6.07) is 10.2. The van der Waals surface area contributed by atoms with E-state index in [2.05, 4.69) is 23.1 Å². The number of carbonyl (C=O) groups excluding carboxylic acids is 1. The minimum absolute atomic E-state index is 0.385. The first kappa shape index (κ1) is 17.8. The van der Waals surface area contributed by atoms with E-state index in [9.17, 15) is 4.79 Å². The first-order valence-electron chi connectivity index (χ1n) is 8.32. The number of piperidine rings is 1. The Bertz CT molecular complexity index is 668. The van der Waals surface area contributed by atoms with Crippen molar-refractivity contribution in [2.75, 3.05) is 13.1 Å². The summed E-state index contributed by atoms with van der Waals surface area (Å²) >= 11 is 17.7. The molecule has 1 aromatic rings. The van der Waals surface area contributed by atoms with Crippen LogP contribution in [0.3, 0.4) is 0 Å². The van der Waals surface area contributed by atoms with Gasteiger partial charge >= 0.3 is 0 Å². The van der Waals surface area contributed by atoms with E-state index < -0.39 is 3.79 Å². The summed E-state index contributed by atoms with van der Waals surface area (Å²) in [5, 5.41) is 0. The Morgan fingerprint density at radius 3 is 2.29 bits per heavy atom. The molecule has 1 saturated heterocycles. The smallest absolute Gasteiger partial charge is 0.253 e. The molecule has 1 heterocycles. The van der Waals surface area contributed by atoms with Crippen LogP contribution in [-0.2, 0) is 4.79 Å². The number of rotatable bonds is 3. The number of benzene rings is 1. The summed E-state index contributed by atoms with van der Waals surface area (Å²) in [6.45, 7) is 1.91. The molecule has 0 radical (unpaired) electrons. The number of hydrogen-bond acceptors (Lipinski definition) is 2. The van der Waals surface area contributed by atoms with Crippen LogP contribution in [0.5, 0.6) is 0 Å². The lowest BCUT2D eigenvalue weighted by molar-refractivity contribution is -0.115. The summed E-state index contributed by atoms with van der Waals surface area (Å²) in [6.07, 6.45) is 7.10. The van der Waals surface area contributed by atoms with Crippen molar-refractivity contribution >= 4 is 46.7 Å². The third-order valence-electron chi connectivity index (χ3n) is 4.58. The van der Waals surface area contributed by atoms with Crippen LogP contribution in [0.25, 0.3) is 6.08 Å². The highest BCUT2D eigenvalue weighted by Crippen LogP contribution is 2.41. The number of halogens is 3. The molecule has 1 fully saturated rings. The van der Waals surface area contributed by atoms with E-state index in [-0.39, 0.29) is 5.78 Å². The summed E-state index contributed by atoms with van der Waals surface area (Å²) < 4.78 is -1.89. The van der Waals surface area contributed by atoms with Crippen molar-refractivity contribution < 1.29 is 4.79 Å². The second-order valence-corrected chi connectivity index (χ2v) is 8.56. The molecule has 0 saturated carbocycles. The van der Waals surface area contributed by atoms with E-state index in [1.54, 1.807) is 0 Å². The zero-order chi connectivity index (χ0) is 17.2. The predicted molar refractivity (Wildman–Crippen MR) is 101 cm³/mol. The molecule has 24 heavy (non-hydrogen) atoms. The molecule has 128 valence electrons. The number of nitrogens with zero attached hydrogens (tertiary/aromatic N) is 1. The van der Waals surface area contributed by atoms with Crippen LogP contribution >= 0.6 is 34.8 Å². The molecule has 2 aliphatic rings. The van der Waals surface area contributed by atoms with Crippen molar-refractivity contribution in [1.29, 1.82) is 0 Å². The average molecular weight is 385 g/mol. The molecule has 0 bridgehead atoms. The Labute approximate surface area is 158 Å². The lowest BCUT2D eigenvalue weighted by Crippen LogP contribution is -2.32. The average Bonchev–Trinajstić information content (AvgIpc) is 2.98. The summed E-state index contributed by atoms with van der Waals surface area (Å²) in [7, 11) is 0. The van der Waals surface area contributed by atoms with Gasteiger partial charge in [-0.25, -0.2) is 0 Å². The maximum Gasteiger partial charge on any atom is 0.253 e. The fourth-order valence-electron chi connectivity index (χ4n) is 3.48. The van der Waals surface area contributed by atoms with Gasteiger partial charge in [-0.05, 0) is 49.3 Å². The van der Waals surface area contributed by atoms with Gasteiger partial charge in [-0.15, -0.1) is 0 Å². The van der Waals surface area contributed by atoms with Gasteiger partial charge in [0.25, 0.3) is 3.79 Å². The lowest BCUT2D eigenvalue weighted by atomic mass is 10.0. The van der Waals surface area contributed by atoms with E-state index in [0.29, 0.717) is 12.0 Å². The first-order valence-corrected chi connectivity index (χ1v) is 9.46. The van der Waals surface area contributed by atoms with Gasteiger partial charge in [0.1, 0.15) is 0 Å². The molecule has 2 nitrogen and oxygen atoms in total. The van der Waals surface area contributed by atoms with Crippen LogP contribution in [0.15, 0.2) is 47.2 Å². The maximum absolute atomic E-state index is 12.6. The summed E-state index contributed by atoms with van der Waals surface area (Å²) in [4.78, 5) is 14.9. The Balaban J connectivity index is 2.02. The SMILES string of the molecule is O=C(C1=C(N2CCCCC2)C(=Cc2ccccc2)CC1)C(Cl)(Cl)Cl. The largest absolute Gasteiger partial charge is 0.371 e. The van der Waals surface area contributed by atoms with Gasteiger partial charge in [-0.2, -0.15) is 0 Å². The van der Waals surface area contributed by atoms with Crippen molar-refractivity contribution in [3.8, 4) is 0 Å². The predicted octanol–water partition coefficient (Wildman–Crippen LogP) is 5.54. The van der Waals surface area contributed by atoms with E-state index in [1.807, 2.05) is 18.2 Å². The van der Waals surface area contributed by atoms with Gasteiger partial charge in [0, 0.05) is 24.4 Å². The van der Waals surface area contributed by atoms with Gasteiger partial charge in [0.2, 0.25) is 5.78 Å². The molecule has 1 aromatic carbocycles. The van der Waals surface area contributed by atoms with Crippen LogP contribution in [0.2, 0.25) is 0 Å². The van der Waals surface area contributed by atoms with Gasteiger partial charge in [-0.1, -0.05) is 65.1 Å². The number of hydrogen-bond donors (Lipinski definition) is 0. The number of alkyl halides is 3. The number of allylic oxidation sites excluding steroid dienone is 2. The van der Waals surface area contributed by atoms with E-state index in [0.717, 1.165) is 43.6 Å². The molecule has 3 rings (SSSR count). The number of Topliss-reactive ketones (excluding diaryl/α,β-unsaturated/α-hetero) is 1. The Morgan fingerprint density at radius 1 is 1.00 bits per heavy atom. The second-order valence-electron chi connectivity index (χ2n) is 6.28. The van der Waals surface area contributed by atoms with Crippen molar-refractivity contribution in [1.82, 2.24) is 4.90 Å². The highest BCUT2D eigenvalue weighted by molar-refractivity contribution is 6.77. The highest BCUT2D eigenvalue weighted by atomic mass is 35.6. The summed E-state index contributed by atoms with van der Waals surface area (Å²) in [5.41, 5.74) is 3.96. The van der Waals surface area contributed by atoms with E-state index in [4.69, 9.17) is 34.8 Å². The molecule has 0 N–H and O–H groups in total. The molecular weight excluding hydrogens is 365 g/mol. The molecule has 0 atom stereocenters. The Kier molecular flexibility index (Phi) is 5.59. The molecule has 1 aliphatic heterocycles. The van der Waals surface area contributed by atoms with Gasteiger partial charge in [0.15, 0.2) is 0 Å². The van der Waals surface area contributed by atoms with E-state index in [1.165, 1.54) is 12.0 Å². The number of ketones is 1. The van der Waals surface area contributed by atoms with Gasteiger partial charge < -0.3 is 4.90 Å². The van der Waals surface area contributed by atoms with Crippen LogP contribution in [0, 0.1) is 0 Å². The first-order chi connectivity index (χ1) is 11.5. The fourth-order valence-corrected chi connectivity index (χ4v) is 3.83. The number of likely N-dealkylation sites (tertiary alicyclic amines) is 1. The van der Waals surface area contributed by atoms with Crippen LogP contribution in [-0.4, -0.2) is 27.6 Å². The molecular formula is C19H20Cl3NO. The third-order valence-corrected chi connectivity index (χ3v) is 5.09. The fraction of sp³-hybridized carbons (Fsp3) is 0.421. The molecule has 1 aliphatic carbocycles. The number of carbonyl (C=O) groups is 1. The minimum atomic E-state index is -1.89. The molecule has 0 aromatic heterocycles. The second kappa shape index (κ2) is 7.51. The van der Waals surface area contributed by atoms with E-state index >= 15 is 0 Å². The maximum atomic E-state index is 12.6. The molecule has 0 unspecified atom stereocenters. The molecule has 0 amide bonds. The lowest BCUT2D eigenvalue weighted by Gasteiger charge is -2.32. The third kappa shape index (κ3) is 3.99. The Hall–Kier alpha value is -0.960. The standard InChI is InChI=1S/C19H20Cl3NO/c20-19(21,22)18(24)16-10-9-15(13-14-7-3-1-4-8-14)17(16)23-11-5-2-6-12-23/h1,3-4,7-8,13H,2,5-6,9-12H2. The van der Waals surface area contributed by atoms with Crippen LogP contribution in [0.4, 0.5) is 0 Å². The molecule has 5 heteroatoms. The quantitative estimate of drug-likeness (QED) is 0.637. The van der Waals surface area contributed by atoms with Gasteiger partial charge in [0.05, 0.1) is 0 Å². The zero-order valence-electron chi connectivity index (χ0n) is 13.4. The monoisotopic (exact) mass is 383 g/mol. The zero-order valence-corrected chi connectivity index (χ0v) is 15.7. The highest BCUT2D eigenvalue weighted by Gasteiger charge is 2.38. The van der Waals surface area contributed by atoms with Crippen molar-refractivity contribution in [2.24, 2.45) is 0 Å². The van der Waals surface area contributed by atoms with Crippen molar-refractivity contribution in [3.63, 3.8) is 0 Å². The minimum Gasteiger partial charge on any atom is -0.371 e. The van der Waals surface area contributed by atoms with Crippen molar-refractivity contribution in [3.05, 3.63) is 52.7 Å². The summed E-state index contributed by atoms with van der Waals surface area (Å²) in [5.74, 6) is -0.385. The Morgan fingerprint density at radius 2 is 1.67 bits per heavy atom.